The van der Waals surface area contributed by atoms with E-state index in [2.05, 4.69) is 5.32 Å². The molecule has 0 aliphatic heterocycles. The zero-order valence-electron chi connectivity index (χ0n) is 9.91. The van der Waals surface area contributed by atoms with Crippen molar-refractivity contribution >= 4 is 11.9 Å². The Hall–Kier alpha value is -1.99. The van der Waals surface area contributed by atoms with Crippen LogP contribution >= 0.6 is 0 Å². The smallest absolute Gasteiger partial charge is 0.389 e. The number of hydrogen-bond donors (Lipinski definition) is 2. The first-order valence-corrected chi connectivity index (χ1v) is 5.51. The van der Waals surface area contributed by atoms with E-state index in [9.17, 15) is 22.8 Å². The maximum atomic E-state index is 11.8. The number of aromatic nitrogens is 1. The monoisotopic (exact) mass is 278 g/mol. The van der Waals surface area contributed by atoms with Crippen molar-refractivity contribution in [1.29, 1.82) is 0 Å². The Labute approximate surface area is 107 Å². The van der Waals surface area contributed by atoms with Gasteiger partial charge in [-0.15, -0.1) is 0 Å². The summed E-state index contributed by atoms with van der Waals surface area (Å²) in [4.78, 5) is 22.2. The molecule has 2 N–H and O–H groups in total. The minimum atomic E-state index is -4.23. The number of carboxylic acids is 1. The fourth-order valence-corrected chi connectivity index (χ4v) is 1.47. The van der Waals surface area contributed by atoms with Crippen LogP contribution in [-0.2, 0) is 11.3 Å². The molecule has 106 valence electrons. The summed E-state index contributed by atoms with van der Waals surface area (Å²) in [5, 5.41) is 11.1. The lowest BCUT2D eigenvalue weighted by molar-refractivity contribution is -0.136. The molecule has 1 heterocycles. The lowest BCUT2D eigenvalue weighted by Gasteiger charge is -2.09. The van der Waals surface area contributed by atoms with E-state index >= 15 is 0 Å². The fourth-order valence-electron chi connectivity index (χ4n) is 1.47. The number of nitrogens with zero attached hydrogens (tertiary/aromatic N) is 1. The molecular weight excluding hydrogens is 265 g/mol. The molecule has 1 aromatic heterocycles. The summed E-state index contributed by atoms with van der Waals surface area (Å²) in [6.45, 7) is -0.331. The Morgan fingerprint density at radius 3 is 2.63 bits per heavy atom. The highest BCUT2D eigenvalue weighted by atomic mass is 19.4. The summed E-state index contributed by atoms with van der Waals surface area (Å²) in [5.74, 6) is -1.70. The van der Waals surface area contributed by atoms with E-state index in [-0.39, 0.29) is 25.2 Å². The third-order valence-electron chi connectivity index (χ3n) is 2.32. The van der Waals surface area contributed by atoms with E-state index in [0.29, 0.717) is 0 Å². The average Bonchev–Trinajstić information content (AvgIpc) is 2.71. The Morgan fingerprint density at radius 1 is 1.37 bits per heavy atom. The SMILES string of the molecule is O=C(Cn1cccc1C(=O)O)NCCCC(F)(F)F. The van der Waals surface area contributed by atoms with Gasteiger partial charge in [0.25, 0.3) is 0 Å². The van der Waals surface area contributed by atoms with Crippen LogP contribution in [0.25, 0.3) is 0 Å². The first kappa shape index (κ1) is 15.1. The van der Waals surface area contributed by atoms with Crippen LogP contribution in [0.15, 0.2) is 18.3 Å². The highest BCUT2D eigenvalue weighted by Gasteiger charge is 2.25. The molecule has 0 saturated heterocycles. The first-order valence-electron chi connectivity index (χ1n) is 5.51. The van der Waals surface area contributed by atoms with E-state index in [1.165, 1.54) is 22.9 Å². The van der Waals surface area contributed by atoms with Crippen molar-refractivity contribution in [1.82, 2.24) is 9.88 Å². The summed E-state index contributed by atoms with van der Waals surface area (Å²) in [6, 6.07) is 2.81. The molecule has 0 atom stereocenters. The van der Waals surface area contributed by atoms with Crippen LogP contribution in [-0.4, -0.2) is 34.3 Å². The number of aromatic carboxylic acids is 1. The van der Waals surface area contributed by atoms with Gasteiger partial charge in [-0.05, 0) is 18.6 Å². The fraction of sp³-hybridized carbons (Fsp3) is 0.455. The zero-order valence-corrected chi connectivity index (χ0v) is 9.91. The van der Waals surface area contributed by atoms with E-state index in [4.69, 9.17) is 5.11 Å². The van der Waals surface area contributed by atoms with Gasteiger partial charge in [-0.3, -0.25) is 4.79 Å². The van der Waals surface area contributed by atoms with Crippen LogP contribution < -0.4 is 5.32 Å². The number of hydrogen-bond acceptors (Lipinski definition) is 2. The molecule has 0 fully saturated rings. The summed E-state index contributed by atoms with van der Waals surface area (Å²) < 4.78 is 36.7. The Balaban J connectivity index is 2.35. The Kier molecular flexibility index (Phi) is 4.96. The summed E-state index contributed by atoms with van der Waals surface area (Å²) in [7, 11) is 0. The van der Waals surface area contributed by atoms with Crippen LogP contribution in [0.3, 0.4) is 0 Å². The van der Waals surface area contributed by atoms with E-state index in [1.54, 1.807) is 0 Å². The number of nitrogens with one attached hydrogen (secondary N) is 1. The van der Waals surface area contributed by atoms with Crippen molar-refractivity contribution in [3.05, 3.63) is 24.0 Å². The molecule has 0 aliphatic carbocycles. The maximum absolute atomic E-state index is 11.8. The molecule has 0 radical (unpaired) electrons. The Bertz CT molecular complexity index is 454. The minimum Gasteiger partial charge on any atom is -0.477 e. The van der Waals surface area contributed by atoms with Crippen molar-refractivity contribution in [2.45, 2.75) is 25.6 Å². The largest absolute Gasteiger partial charge is 0.477 e. The van der Waals surface area contributed by atoms with E-state index in [0.717, 1.165) is 0 Å². The molecule has 1 aromatic rings. The number of rotatable bonds is 6. The summed E-state index contributed by atoms with van der Waals surface area (Å²) in [6.07, 6.45) is -3.98. The van der Waals surface area contributed by atoms with Gasteiger partial charge in [-0.1, -0.05) is 0 Å². The number of carbonyl (C=O) groups is 2. The standard InChI is InChI=1S/C11H13F3N2O3/c12-11(13,14)4-2-5-15-9(17)7-16-6-1-3-8(16)10(18)19/h1,3,6H,2,4-5,7H2,(H,15,17)(H,18,19). The molecular formula is C11H13F3N2O3. The van der Waals surface area contributed by atoms with Gasteiger partial charge in [0.1, 0.15) is 12.2 Å². The molecule has 0 aliphatic rings. The molecule has 0 bridgehead atoms. The second-order valence-electron chi connectivity index (χ2n) is 3.90. The highest BCUT2D eigenvalue weighted by molar-refractivity contribution is 5.86. The summed E-state index contributed by atoms with van der Waals surface area (Å²) >= 11 is 0. The van der Waals surface area contributed by atoms with E-state index < -0.39 is 24.5 Å². The predicted octanol–water partition coefficient (Wildman–Crippen LogP) is 1.65. The van der Waals surface area contributed by atoms with Crippen LogP contribution in [0.2, 0.25) is 0 Å². The minimum absolute atomic E-state index is 0.0505. The van der Waals surface area contributed by atoms with Gasteiger partial charge >= 0.3 is 12.1 Å². The predicted molar refractivity (Wildman–Crippen MR) is 59.7 cm³/mol. The van der Waals surface area contributed by atoms with Gasteiger partial charge in [-0.25, -0.2) is 4.79 Å². The third-order valence-corrected chi connectivity index (χ3v) is 2.32. The van der Waals surface area contributed by atoms with E-state index in [1.807, 2.05) is 0 Å². The van der Waals surface area contributed by atoms with Crippen LogP contribution in [0, 0.1) is 0 Å². The molecule has 8 heteroatoms. The Morgan fingerprint density at radius 2 is 2.05 bits per heavy atom. The normalized spacial score (nSPS) is 11.3. The maximum Gasteiger partial charge on any atom is 0.389 e. The summed E-state index contributed by atoms with van der Waals surface area (Å²) in [5.41, 5.74) is -0.0505. The van der Waals surface area contributed by atoms with Crippen LogP contribution in [0.4, 0.5) is 13.2 Å². The molecule has 0 saturated carbocycles. The quantitative estimate of drug-likeness (QED) is 0.777. The second kappa shape index (κ2) is 6.26. The molecule has 5 nitrogen and oxygen atoms in total. The van der Waals surface area contributed by atoms with Crippen molar-refractivity contribution in [3.63, 3.8) is 0 Å². The van der Waals surface area contributed by atoms with Crippen LogP contribution in [0.5, 0.6) is 0 Å². The lowest BCUT2D eigenvalue weighted by Crippen LogP contribution is -2.29. The van der Waals surface area contributed by atoms with Crippen molar-refractivity contribution in [3.8, 4) is 0 Å². The van der Waals surface area contributed by atoms with Gasteiger partial charge in [0, 0.05) is 19.2 Å². The van der Waals surface area contributed by atoms with Crippen LogP contribution in [0.1, 0.15) is 23.3 Å². The number of alkyl halides is 3. The highest BCUT2D eigenvalue weighted by Crippen LogP contribution is 2.20. The topological polar surface area (TPSA) is 71.3 Å². The van der Waals surface area contributed by atoms with Gasteiger partial charge < -0.3 is 15.0 Å². The van der Waals surface area contributed by atoms with Gasteiger partial charge in [0.05, 0.1) is 0 Å². The molecule has 0 unspecified atom stereocenters. The molecule has 1 rings (SSSR count). The lowest BCUT2D eigenvalue weighted by atomic mass is 10.3. The first-order chi connectivity index (χ1) is 8.79. The average molecular weight is 278 g/mol. The molecule has 19 heavy (non-hydrogen) atoms. The number of halogens is 3. The van der Waals surface area contributed by atoms with Gasteiger partial charge in [0.2, 0.25) is 5.91 Å². The van der Waals surface area contributed by atoms with Gasteiger partial charge in [0.15, 0.2) is 0 Å². The third kappa shape index (κ3) is 5.45. The molecule has 0 aromatic carbocycles. The zero-order chi connectivity index (χ0) is 14.5. The second-order valence-corrected chi connectivity index (χ2v) is 3.90. The van der Waals surface area contributed by atoms with Crippen molar-refractivity contribution in [2.24, 2.45) is 0 Å². The number of amides is 1. The van der Waals surface area contributed by atoms with Gasteiger partial charge in [-0.2, -0.15) is 13.2 Å². The molecule has 0 spiro atoms. The number of carbonyl (C=O) groups excluding carboxylic acids is 1. The van der Waals surface area contributed by atoms with Crippen molar-refractivity contribution < 1.29 is 27.9 Å². The molecule has 1 amide bonds. The number of carboxylic acid groups (broad SMARTS) is 1. The van der Waals surface area contributed by atoms with Crippen molar-refractivity contribution in [2.75, 3.05) is 6.54 Å².